The van der Waals surface area contributed by atoms with Crippen LogP contribution in [0, 0.1) is 10.1 Å². The number of nitrogens with zero attached hydrogens (tertiary/aromatic N) is 2. The Labute approximate surface area is 157 Å². The summed E-state index contributed by atoms with van der Waals surface area (Å²) in [6.07, 6.45) is 1.50. The lowest BCUT2D eigenvalue weighted by Crippen LogP contribution is -2.44. The Balaban J connectivity index is 1.79. The summed E-state index contributed by atoms with van der Waals surface area (Å²) in [5.41, 5.74) is 3.28. The fraction of sp³-hybridized carbons (Fsp3) is 0. The van der Waals surface area contributed by atoms with Gasteiger partial charge in [-0.3, -0.25) is 25.1 Å². The highest BCUT2D eigenvalue weighted by atomic mass is 32.2. The molecule has 2 amide bonds. The third-order valence-corrected chi connectivity index (χ3v) is 4.72. The molecule has 0 unspecified atom stereocenters. The lowest BCUT2D eigenvalue weighted by atomic mass is 10.2. The Morgan fingerprint density at radius 3 is 2.62 bits per heavy atom. The van der Waals surface area contributed by atoms with Crippen LogP contribution in [0.15, 0.2) is 59.5 Å². The predicted octanol–water partition coefficient (Wildman–Crippen LogP) is 3.14. The summed E-state index contributed by atoms with van der Waals surface area (Å²) < 4.78 is 0.177. The molecule has 2 aromatic rings. The average molecular weight is 385 g/mol. The van der Waals surface area contributed by atoms with Gasteiger partial charge in [0, 0.05) is 17.7 Å². The first kappa shape index (κ1) is 17.8. The Bertz CT molecular complexity index is 944. The molecule has 1 aliphatic rings. The third-order valence-electron chi connectivity index (χ3n) is 3.42. The molecule has 3 rings (SSSR count). The molecule has 1 heterocycles. The van der Waals surface area contributed by atoms with Crippen LogP contribution in [-0.4, -0.2) is 26.1 Å². The Hall–Kier alpha value is -3.04. The van der Waals surface area contributed by atoms with Crippen LogP contribution in [0.1, 0.15) is 15.9 Å². The topological polar surface area (TPSA) is 92.6 Å². The minimum atomic E-state index is -0.511. The maximum Gasteiger partial charge on any atom is 0.285 e. The summed E-state index contributed by atoms with van der Waals surface area (Å²) in [6.45, 7) is 0. The lowest BCUT2D eigenvalue weighted by Gasteiger charge is -2.15. The number of benzene rings is 2. The second-order valence-corrected chi connectivity index (χ2v) is 6.85. The molecule has 0 aliphatic carbocycles. The summed E-state index contributed by atoms with van der Waals surface area (Å²) in [6, 6.07) is 14.3. The van der Waals surface area contributed by atoms with Gasteiger partial charge in [-0.1, -0.05) is 42.1 Å². The van der Waals surface area contributed by atoms with Gasteiger partial charge in [-0.05, 0) is 36.0 Å². The summed E-state index contributed by atoms with van der Waals surface area (Å²) in [5.74, 6) is -0.950. The number of thiocarbonyl (C=S) groups is 1. The van der Waals surface area contributed by atoms with E-state index < -0.39 is 16.7 Å². The maximum atomic E-state index is 12.5. The number of hydrogen-bond donors (Lipinski definition) is 1. The molecule has 1 saturated heterocycles. The van der Waals surface area contributed by atoms with E-state index in [-0.39, 0.29) is 14.9 Å². The normalized spacial score (nSPS) is 15.4. The molecule has 0 atom stereocenters. The van der Waals surface area contributed by atoms with Crippen molar-refractivity contribution in [1.29, 1.82) is 0 Å². The molecule has 0 bridgehead atoms. The Morgan fingerprint density at radius 2 is 1.92 bits per heavy atom. The number of amides is 2. The van der Waals surface area contributed by atoms with E-state index in [0.29, 0.717) is 11.1 Å². The molecule has 1 aliphatic heterocycles. The number of carbonyl (C=O) groups excluding carboxylic acids is 2. The van der Waals surface area contributed by atoms with Gasteiger partial charge in [0.2, 0.25) is 0 Å². The van der Waals surface area contributed by atoms with E-state index in [9.17, 15) is 19.7 Å². The number of rotatable bonds is 4. The Morgan fingerprint density at radius 1 is 1.19 bits per heavy atom. The van der Waals surface area contributed by atoms with Crippen LogP contribution in [0.5, 0.6) is 0 Å². The van der Waals surface area contributed by atoms with Crippen molar-refractivity contribution >= 4 is 51.9 Å². The molecule has 9 heteroatoms. The number of hydrazine groups is 1. The molecule has 0 aromatic heterocycles. The minimum absolute atomic E-state index is 0.0772. The highest BCUT2D eigenvalue weighted by molar-refractivity contribution is 8.26. The zero-order valence-corrected chi connectivity index (χ0v) is 14.8. The summed E-state index contributed by atoms with van der Waals surface area (Å²) in [4.78, 5) is 35.3. The summed E-state index contributed by atoms with van der Waals surface area (Å²) in [5, 5.41) is 11.8. The number of carbonyl (C=O) groups is 2. The van der Waals surface area contributed by atoms with E-state index >= 15 is 0 Å². The second-order valence-electron chi connectivity index (χ2n) is 5.18. The number of nitro groups is 1. The van der Waals surface area contributed by atoms with Gasteiger partial charge < -0.3 is 0 Å². The number of non-ortho nitro benzene ring substituents is 1. The summed E-state index contributed by atoms with van der Waals surface area (Å²) >= 11 is 6.16. The van der Waals surface area contributed by atoms with Crippen LogP contribution in [0.3, 0.4) is 0 Å². The van der Waals surface area contributed by atoms with Crippen molar-refractivity contribution in [2.75, 3.05) is 0 Å². The minimum Gasteiger partial charge on any atom is -0.267 e. The average Bonchev–Trinajstić information content (AvgIpc) is 2.90. The van der Waals surface area contributed by atoms with Crippen LogP contribution >= 0.6 is 24.0 Å². The molecule has 1 fully saturated rings. The van der Waals surface area contributed by atoms with Crippen LogP contribution < -0.4 is 5.43 Å². The van der Waals surface area contributed by atoms with Crippen molar-refractivity contribution < 1.29 is 14.5 Å². The summed E-state index contributed by atoms with van der Waals surface area (Å²) in [7, 11) is 0. The van der Waals surface area contributed by atoms with Crippen LogP contribution in [0.2, 0.25) is 0 Å². The van der Waals surface area contributed by atoms with E-state index in [1.807, 2.05) is 0 Å². The SMILES string of the molecule is O=C(NN1C(=O)/C(=C\c2cccc([N+](=O)[O-])c2)SC1=S)c1ccccc1. The lowest BCUT2D eigenvalue weighted by molar-refractivity contribution is -0.384. The molecular weight excluding hydrogens is 374 g/mol. The van der Waals surface area contributed by atoms with E-state index in [2.05, 4.69) is 5.43 Å². The predicted molar refractivity (Wildman–Crippen MR) is 102 cm³/mol. The van der Waals surface area contributed by atoms with Gasteiger partial charge in [0.15, 0.2) is 4.32 Å². The van der Waals surface area contributed by atoms with Crippen molar-refractivity contribution in [2.45, 2.75) is 0 Å². The van der Waals surface area contributed by atoms with Gasteiger partial charge in [0.25, 0.3) is 17.5 Å². The first-order chi connectivity index (χ1) is 12.5. The van der Waals surface area contributed by atoms with E-state index in [4.69, 9.17) is 12.2 Å². The monoisotopic (exact) mass is 385 g/mol. The number of hydrogen-bond acceptors (Lipinski definition) is 6. The van der Waals surface area contributed by atoms with E-state index in [1.54, 1.807) is 36.4 Å². The second kappa shape index (κ2) is 7.46. The first-order valence-corrected chi connectivity index (χ1v) is 8.56. The maximum absolute atomic E-state index is 12.5. The van der Waals surface area contributed by atoms with Crippen LogP contribution in [0.25, 0.3) is 6.08 Å². The van der Waals surface area contributed by atoms with E-state index in [0.717, 1.165) is 16.8 Å². The smallest absolute Gasteiger partial charge is 0.267 e. The quantitative estimate of drug-likeness (QED) is 0.376. The van der Waals surface area contributed by atoms with Crippen molar-refractivity contribution in [1.82, 2.24) is 10.4 Å². The van der Waals surface area contributed by atoms with Gasteiger partial charge in [0.05, 0.1) is 9.83 Å². The number of nitrogens with one attached hydrogen (secondary N) is 1. The fourth-order valence-electron chi connectivity index (χ4n) is 2.20. The van der Waals surface area contributed by atoms with Crippen molar-refractivity contribution in [2.24, 2.45) is 0 Å². The highest BCUT2D eigenvalue weighted by Crippen LogP contribution is 2.32. The van der Waals surface area contributed by atoms with Gasteiger partial charge >= 0.3 is 0 Å². The highest BCUT2D eigenvalue weighted by Gasteiger charge is 2.33. The molecular formula is C17H11N3O4S2. The van der Waals surface area contributed by atoms with Crippen molar-refractivity contribution in [3.63, 3.8) is 0 Å². The van der Waals surface area contributed by atoms with Crippen molar-refractivity contribution in [3.05, 3.63) is 80.7 Å². The molecule has 130 valence electrons. The van der Waals surface area contributed by atoms with Crippen molar-refractivity contribution in [3.8, 4) is 0 Å². The first-order valence-electron chi connectivity index (χ1n) is 7.34. The molecule has 2 aromatic carbocycles. The van der Waals surface area contributed by atoms with Crippen LogP contribution in [0.4, 0.5) is 5.69 Å². The van der Waals surface area contributed by atoms with Crippen LogP contribution in [-0.2, 0) is 4.79 Å². The molecule has 26 heavy (non-hydrogen) atoms. The molecule has 1 N–H and O–H groups in total. The molecule has 0 saturated carbocycles. The standard InChI is InChI=1S/C17H11N3O4S2/c21-15(12-6-2-1-3-7-12)18-19-16(22)14(26-17(19)25)10-11-5-4-8-13(9-11)20(23)24/h1-10H,(H,18,21)/b14-10+. The van der Waals surface area contributed by atoms with Gasteiger partial charge in [-0.15, -0.1) is 0 Å². The fourth-order valence-corrected chi connectivity index (χ4v) is 3.38. The largest absolute Gasteiger partial charge is 0.285 e. The van der Waals surface area contributed by atoms with Gasteiger partial charge in [-0.25, -0.2) is 0 Å². The van der Waals surface area contributed by atoms with Gasteiger partial charge in [0.1, 0.15) is 0 Å². The molecule has 0 radical (unpaired) electrons. The van der Waals surface area contributed by atoms with Gasteiger partial charge in [-0.2, -0.15) is 5.01 Å². The molecule has 0 spiro atoms. The zero-order valence-electron chi connectivity index (χ0n) is 13.1. The number of nitro benzene ring substituents is 1. The number of thioether (sulfide) groups is 1. The molecule has 7 nitrogen and oxygen atoms in total. The zero-order chi connectivity index (χ0) is 18.7. The Kier molecular flexibility index (Phi) is 5.10. The third kappa shape index (κ3) is 3.79. The van der Waals surface area contributed by atoms with E-state index in [1.165, 1.54) is 24.3 Å².